The molecule has 4 rings (SSSR count). The SMILES string of the molecule is CC(C)CCC[C@]1(C)Oc2cc(O)ccc2[C@H]2OCC3(C[C@@H]21)CN(C(=O)OC(C)(C)C)C3. The van der Waals surface area contributed by atoms with Gasteiger partial charge in [-0.2, -0.15) is 0 Å². The van der Waals surface area contributed by atoms with Gasteiger partial charge in [0, 0.05) is 36.1 Å². The van der Waals surface area contributed by atoms with Crippen molar-refractivity contribution in [2.75, 3.05) is 19.7 Å². The van der Waals surface area contributed by atoms with Gasteiger partial charge in [0.1, 0.15) is 22.7 Å². The fourth-order valence-electron chi connectivity index (χ4n) is 5.57. The van der Waals surface area contributed by atoms with Crippen molar-refractivity contribution in [1.29, 1.82) is 0 Å². The molecule has 178 valence electrons. The molecule has 6 heteroatoms. The molecule has 2 saturated heterocycles. The Labute approximate surface area is 192 Å². The van der Waals surface area contributed by atoms with E-state index in [1.54, 1.807) is 17.0 Å². The topological polar surface area (TPSA) is 68.2 Å². The van der Waals surface area contributed by atoms with Crippen molar-refractivity contribution < 1.29 is 24.1 Å². The second-order valence-electron chi connectivity index (χ2n) is 11.8. The van der Waals surface area contributed by atoms with Crippen LogP contribution in [0, 0.1) is 17.3 Å². The minimum atomic E-state index is -0.491. The Kier molecular flexibility index (Phi) is 5.89. The number of nitrogens with zero attached hydrogens (tertiary/aromatic N) is 1. The van der Waals surface area contributed by atoms with Crippen molar-refractivity contribution in [3.05, 3.63) is 23.8 Å². The Morgan fingerprint density at radius 2 is 2.03 bits per heavy atom. The maximum absolute atomic E-state index is 12.5. The summed E-state index contributed by atoms with van der Waals surface area (Å²) in [4.78, 5) is 14.3. The summed E-state index contributed by atoms with van der Waals surface area (Å²) in [6.07, 6.45) is 3.84. The third-order valence-electron chi connectivity index (χ3n) is 7.18. The molecular formula is C26H39NO5. The van der Waals surface area contributed by atoms with Crippen LogP contribution in [0.25, 0.3) is 0 Å². The van der Waals surface area contributed by atoms with Gasteiger partial charge in [0.2, 0.25) is 0 Å². The predicted octanol–water partition coefficient (Wildman–Crippen LogP) is 5.68. The van der Waals surface area contributed by atoms with Gasteiger partial charge in [0.25, 0.3) is 0 Å². The molecule has 2 fully saturated rings. The van der Waals surface area contributed by atoms with Crippen molar-refractivity contribution in [2.24, 2.45) is 17.3 Å². The number of amides is 1. The van der Waals surface area contributed by atoms with Gasteiger partial charge in [-0.15, -0.1) is 0 Å². The van der Waals surface area contributed by atoms with E-state index in [1.165, 1.54) is 0 Å². The van der Waals surface area contributed by atoms with Gasteiger partial charge in [-0.05, 0) is 65.0 Å². The molecule has 32 heavy (non-hydrogen) atoms. The van der Waals surface area contributed by atoms with E-state index in [2.05, 4.69) is 20.8 Å². The number of carbonyl (C=O) groups is 1. The molecule has 3 aliphatic rings. The first-order valence-corrected chi connectivity index (χ1v) is 12.0. The molecule has 3 aliphatic heterocycles. The molecule has 0 bridgehead atoms. The Morgan fingerprint density at radius 1 is 1.31 bits per heavy atom. The third-order valence-corrected chi connectivity index (χ3v) is 7.18. The lowest BCUT2D eigenvalue weighted by atomic mass is 9.63. The number of hydrogen-bond acceptors (Lipinski definition) is 5. The molecule has 1 spiro atoms. The highest BCUT2D eigenvalue weighted by molar-refractivity contribution is 5.69. The van der Waals surface area contributed by atoms with E-state index in [1.807, 2.05) is 26.8 Å². The standard InChI is InChI=1S/C26H39NO5/c1-17(2)8-7-11-25(6)20-13-26(14-27(15-26)23(29)32-24(3,4)5)16-30-22(20)19-10-9-18(28)12-21(19)31-25/h9-10,12,17,20,22,28H,7-8,11,13-16H2,1-6H3/t20-,22+,25-/m0/s1. The first-order valence-electron chi connectivity index (χ1n) is 12.0. The van der Waals surface area contributed by atoms with Gasteiger partial charge >= 0.3 is 6.09 Å². The summed E-state index contributed by atoms with van der Waals surface area (Å²) in [7, 11) is 0. The number of rotatable bonds is 4. The van der Waals surface area contributed by atoms with Crippen molar-refractivity contribution in [3.8, 4) is 11.5 Å². The summed E-state index contributed by atoms with van der Waals surface area (Å²) in [5.74, 6) is 1.79. The number of phenols is 1. The molecule has 3 heterocycles. The van der Waals surface area contributed by atoms with Gasteiger partial charge in [-0.25, -0.2) is 4.79 Å². The summed E-state index contributed by atoms with van der Waals surface area (Å²) in [6.45, 7) is 14.3. The number of phenolic OH excluding ortho intramolecular Hbond substituents is 1. The first kappa shape index (κ1) is 23.2. The van der Waals surface area contributed by atoms with Gasteiger partial charge in [0.15, 0.2) is 0 Å². The molecule has 1 N–H and O–H groups in total. The predicted molar refractivity (Wildman–Crippen MR) is 123 cm³/mol. The zero-order chi connectivity index (χ0) is 23.3. The number of benzene rings is 1. The van der Waals surface area contributed by atoms with Crippen LogP contribution in [0.15, 0.2) is 18.2 Å². The summed E-state index contributed by atoms with van der Waals surface area (Å²) in [6, 6.07) is 5.36. The number of fused-ring (bicyclic) bond motifs is 3. The van der Waals surface area contributed by atoms with Crippen molar-refractivity contribution in [2.45, 2.75) is 84.5 Å². The fraction of sp³-hybridized carbons (Fsp3) is 0.731. The second kappa shape index (κ2) is 8.12. The van der Waals surface area contributed by atoms with Gasteiger partial charge in [-0.3, -0.25) is 0 Å². The third kappa shape index (κ3) is 4.57. The van der Waals surface area contributed by atoms with Crippen molar-refractivity contribution >= 4 is 6.09 Å². The lowest BCUT2D eigenvalue weighted by molar-refractivity contribution is -0.200. The molecule has 6 nitrogen and oxygen atoms in total. The molecule has 0 aliphatic carbocycles. The average molecular weight is 446 g/mol. The van der Waals surface area contributed by atoms with Crippen molar-refractivity contribution in [3.63, 3.8) is 0 Å². The molecule has 1 amide bonds. The quantitative estimate of drug-likeness (QED) is 0.645. The maximum atomic E-state index is 12.5. The van der Waals surface area contributed by atoms with E-state index < -0.39 is 5.60 Å². The maximum Gasteiger partial charge on any atom is 0.410 e. The Balaban J connectivity index is 1.53. The number of likely N-dealkylation sites (tertiary alicyclic amines) is 1. The summed E-state index contributed by atoms with van der Waals surface area (Å²) < 4.78 is 18.7. The Morgan fingerprint density at radius 3 is 2.69 bits per heavy atom. The molecule has 0 unspecified atom stereocenters. The molecule has 1 aromatic rings. The highest BCUT2D eigenvalue weighted by Crippen LogP contribution is 2.56. The first-order chi connectivity index (χ1) is 14.9. The van der Waals surface area contributed by atoms with E-state index >= 15 is 0 Å². The minimum Gasteiger partial charge on any atom is -0.508 e. The molecule has 0 aromatic heterocycles. The van der Waals surface area contributed by atoms with Crippen LogP contribution >= 0.6 is 0 Å². The lowest BCUT2D eigenvalue weighted by Gasteiger charge is -2.58. The smallest absolute Gasteiger partial charge is 0.410 e. The average Bonchev–Trinajstić information content (AvgIpc) is 2.64. The van der Waals surface area contributed by atoms with Crippen LogP contribution in [0.2, 0.25) is 0 Å². The monoisotopic (exact) mass is 445 g/mol. The highest BCUT2D eigenvalue weighted by Gasteiger charge is 2.58. The number of ether oxygens (including phenoxy) is 3. The van der Waals surface area contributed by atoms with Gasteiger partial charge < -0.3 is 24.2 Å². The van der Waals surface area contributed by atoms with E-state index in [4.69, 9.17) is 14.2 Å². The fourth-order valence-corrected chi connectivity index (χ4v) is 5.57. The van der Waals surface area contributed by atoms with Crippen LogP contribution in [0.4, 0.5) is 4.79 Å². The number of carbonyl (C=O) groups excluding carboxylic acids is 1. The Hall–Kier alpha value is -1.95. The zero-order valence-electron chi connectivity index (χ0n) is 20.4. The molecular weight excluding hydrogens is 406 g/mol. The molecule has 1 aromatic carbocycles. The largest absolute Gasteiger partial charge is 0.508 e. The van der Waals surface area contributed by atoms with Crippen molar-refractivity contribution in [1.82, 2.24) is 4.90 Å². The number of aromatic hydroxyl groups is 1. The van der Waals surface area contributed by atoms with Crippen LogP contribution < -0.4 is 4.74 Å². The highest BCUT2D eigenvalue weighted by atomic mass is 16.6. The van der Waals surface area contributed by atoms with Crippen LogP contribution in [0.1, 0.15) is 78.9 Å². The lowest BCUT2D eigenvalue weighted by Crippen LogP contribution is -2.65. The van der Waals surface area contributed by atoms with E-state index in [0.29, 0.717) is 25.6 Å². The van der Waals surface area contributed by atoms with Crippen LogP contribution in [0.5, 0.6) is 11.5 Å². The molecule has 0 saturated carbocycles. The van der Waals surface area contributed by atoms with E-state index in [9.17, 15) is 9.90 Å². The van der Waals surface area contributed by atoms with Crippen LogP contribution in [-0.4, -0.2) is 47.0 Å². The van der Waals surface area contributed by atoms with E-state index in [-0.39, 0.29) is 34.9 Å². The zero-order valence-corrected chi connectivity index (χ0v) is 20.4. The summed E-state index contributed by atoms with van der Waals surface area (Å²) in [5.41, 5.74) is 0.109. The van der Waals surface area contributed by atoms with Crippen LogP contribution in [0.3, 0.4) is 0 Å². The van der Waals surface area contributed by atoms with Gasteiger partial charge in [0.05, 0.1) is 12.7 Å². The van der Waals surface area contributed by atoms with Crippen LogP contribution in [-0.2, 0) is 9.47 Å². The summed E-state index contributed by atoms with van der Waals surface area (Å²) >= 11 is 0. The van der Waals surface area contributed by atoms with E-state index in [0.717, 1.165) is 37.0 Å². The summed E-state index contributed by atoms with van der Waals surface area (Å²) in [5, 5.41) is 10.0. The molecule has 0 radical (unpaired) electrons. The second-order valence-corrected chi connectivity index (χ2v) is 11.8. The normalized spacial score (nSPS) is 28.5. The number of hydrogen-bond donors (Lipinski definition) is 1. The Bertz CT molecular complexity index is 854. The van der Waals surface area contributed by atoms with Gasteiger partial charge in [-0.1, -0.05) is 20.3 Å². The molecule has 3 atom stereocenters. The minimum absolute atomic E-state index is 0.0465.